The molecule has 3 aromatic rings. The van der Waals surface area contributed by atoms with Crippen LogP contribution in [-0.2, 0) is 19.6 Å². The number of carbonyl (C=O) groups is 1. The average Bonchev–Trinajstić information content (AvgIpc) is 3.74. The van der Waals surface area contributed by atoms with Gasteiger partial charge < -0.3 is 9.53 Å². The Kier molecular flexibility index (Phi) is 5.68. The zero-order valence-electron chi connectivity index (χ0n) is 19.4. The number of rotatable bonds is 5. The van der Waals surface area contributed by atoms with Gasteiger partial charge in [-0.25, -0.2) is 13.4 Å². The highest BCUT2D eigenvalue weighted by Gasteiger charge is 2.47. The van der Waals surface area contributed by atoms with Gasteiger partial charge in [-0.1, -0.05) is 18.2 Å². The number of morpholine rings is 1. The number of benzene rings is 1. The molecule has 3 fully saturated rings. The first-order valence-electron chi connectivity index (χ1n) is 12.1. The van der Waals surface area contributed by atoms with Gasteiger partial charge in [0.2, 0.25) is 0 Å². The van der Waals surface area contributed by atoms with Crippen LogP contribution in [0.25, 0.3) is 22.0 Å². The van der Waals surface area contributed by atoms with Crippen LogP contribution >= 0.6 is 0 Å². The van der Waals surface area contributed by atoms with Crippen molar-refractivity contribution in [2.45, 2.75) is 48.5 Å². The molecule has 182 valence electrons. The Morgan fingerprint density at radius 1 is 1.03 bits per heavy atom. The number of piperidine rings is 1. The van der Waals surface area contributed by atoms with Crippen molar-refractivity contribution in [1.29, 1.82) is 0 Å². The van der Waals surface area contributed by atoms with Gasteiger partial charge in [-0.3, -0.25) is 9.88 Å². The van der Waals surface area contributed by atoms with Gasteiger partial charge >= 0.3 is 0 Å². The predicted octanol–water partition coefficient (Wildman–Crippen LogP) is 2.88. The summed E-state index contributed by atoms with van der Waals surface area (Å²) in [6, 6.07) is 13.8. The maximum absolute atomic E-state index is 13.3. The van der Waals surface area contributed by atoms with E-state index in [1.54, 1.807) is 24.5 Å². The van der Waals surface area contributed by atoms with Gasteiger partial charge in [-0.15, -0.1) is 0 Å². The van der Waals surface area contributed by atoms with E-state index in [0.29, 0.717) is 38.5 Å². The lowest BCUT2D eigenvalue weighted by Gasteiger charge is -2.48. The van der Waals surface area contributed by atoms with E-state index in [9.17, 15) is 13.2 Å². The molecule has 1 atom stereocenters. The molecule has 0 radical (unpaired) electrons. The molecule has 1 aliphatic carbocycles. The number of sulfonamides is 1. The first kappa shape index (κ1) is 22.7. The van der Waals surface area contributed by atoms with Crippen LogP contribution < -0.4 is 0 Å². The second kappa shape index (κ2) is 8.74. The van der Waals surface area contributed by atoms with Crippen molar-refractivity contribution in [3.63, 3.8) is 0 Å². The van der Waals surface area contributed by atoms with E-state index in [2.05, 4.69) is 14.9 Å². The lowest BCUT2D eigenvalue weighted by molar-refractivity contribution is -0.174. The molecule has 6 rings (SSSR count). The number of hydrogen-bond acceptors (Lipinski definition) is 7. The molecule has 1 unspecified atom stereocenters. The zero-order chi connectivity index (χ0) is 24.0. The third kappa shape index (κ3) is 4.38. The zero-order valence-corrected chi connectivity index (χ0v) is 20.2. The number of hydrogen-bond donors (Lipinski definition) is 0. The normalized spacial score (nSPS) is 23.5. The molecule has 2 saturated heterocycles. The summed E-state index contributed by atoms with van der Waals surface area (Å²) in [5.74, 6) is 0. The molecule has 4 heterocycles. The van der Waals surface area contributed by atoms with Crippen molar-refractivity contribution < 1.29 is 17.9 Å². The fraction of sp³-hybridized carbons (Fsp3) is 0.423. The largest absolute Gasteiger partial charge is 0.362 e. The van der Waals surface area contributed by atoms with E-state index in [1.165, 1.54) is 17.1 Å². The first-order chi connectivity index (χ1) is 17.0. The van der Waals surface area contributed by atoms with Gasteiger partial charge in [0.25, 0.3) is 10.0 Å². The van der Waals surface area contributed by atoms with Crippen molar-refractivity contribution in [2.24, 2.45) is 0 Å². The fourth-order valence-corrected chi connectivity index (χ4v) is 6.70. The molecule has 1 aromatic carbocycles. The Morgan fingerprint density at radius 3 is 2.54 bits per heavy atom. The van der Waals surface area contributed by atoms with E-state index in [0.717, 1.165) is 34.9 Å². The predicted molar refractivity (Wildman–Crippen MR) is 131 cm³/mol. The first-order valence-corrected chi connectivity index (χ1v) is 13.6. The summed E-state index contributed by atoms with van der Waals surface area (Å²) in [6.07, 6.45) is 7.28. The number of aromatic nitrogens is 2. The van der Waals surface area contributed by atoms with Crippen LogP contribution in [0.5, 0.6) is 0 Å². The van der Waals surface area contributed by atoms with Crippen LogP contribution in [0.15, 0.2) is 59.9 Å². The Balaban J connectivity index is 1.17. The van der Waals surface area contributed by atoms with Crippen LogP contribution in [0.2, 0.25) is 0 Å². The number of aldehydes is 1. The second-order valence-electron chi connectivity index (χ2n) is 9.84. The van der Waals surface area contributed by atoms with Crippen LogP contribution in [0.1, 0.15) is 25.7 Å². The van der Waals surface area contributed by atoms with Crippen LogP contribution in [-0.4, -0.2) is 77.8 Å². The van der Waals surface area contributed by atoms with E-state index in [-0.39, 0.29) is 5.03 Å². The van der Waals surface area contributed by atoms with Crippen molar-refractivity contribution >= 4 is 27.2 Å². The lowest BCUT2D eigenvalue weighted by atomic mass is 9.89. The topological polar surface area (TPSA) is 92.7 Å². The highest BCUT2D eigenvalue weighted by Crippen LogP contribution is 2.38. The maximum Gasteiger partial charge on any atom is 0.260 e. The minimum Gasteiger partial charge on any atom is -0.362 e. The Morgan fingerprint density at radius 2 is 1.83 bits per heavy atom. The summed E-state index contributed by atoms with van der Waals surface area (Å²) < 4.78 is 34.3. The molecule has 2 aliphatic heterocycles. The van der Waals surface area contributed by atoms with Crippen LogP contribution in [0, 0.1) is 0 Å². The number of nitrogens with zero attached hydrogens (tertiary/aromatic N) is 4. The number of ether oxygens (including phenoxy) is 1. The minimum atomic E-state index is -3.72. The molecular formula is C26H28N4O4S. The molecular weight excluding hydrogens is 464 g/mol. The van der Waals surface area contributed by atoms with E-state index in [4.69, 9.17) is 4.74 Å². The van der Waals surface area contributed by atoms with Crippen molar-refractivity contribution in [3.05, 3.63) is 54.9 Å². The maximum atomic E-state index is 13.3. The Bertz CT molecular complexity index is 1350. The SMILES string of the molecule is O=CC1CN(C2CC2)CC2(CCN(S(=O)(=O)c3ccc(-c4ccc5cccnc5c4)cn3)CC2)O1. The molecule has 0 amide bonds. The summed E-state index contributed by atoms with van der Waals surface area (Å²) in [6.45, 7) is 2.11. The van der Waals surface area contributed by atoms with Gasteiger partial charge in [-0.05, 0) is 55.5 Å². The molecule has 3 aliphatic rings. The molecule has 9 heteroatoms. The molecule has 2 aromatic heterocycles. The smallest absolute Gasteiger partial charge is 0.260 e. The van der Waals surface area contributed by atoms with Gasteiger partial charge in [0.05, 0.1) is 11.1 Å². The fourth-order valence-electron chi connectivity index (χ4n) is 5.34. The molecule has 1 spiro atoms. The van der Waals surface area contributed by atoms with Gasteiger partial charge in [0.1, 0.15) is 12.4 Å². The van der Waals surface area contributed by atoms with E-state index >= 15 is 0 Å². The summed E-state index contributed by atoms with van der Waals surface area (Å²) >= 11 is 0. The summed E-state index contributed by atoms with van der Waals surface area (Å²) in [5.41, 5.74) is 2.20. The Hall–Kier alpha value is -2.72. The number of pyridine rings is 2. The Labute approximate surface area is 205 Å². The van der Waals surface area contributed by atoms with Crippen LogP contribution in [0.3, 0.4) is 0 Å². The van der Waals surface area contributed by atoms with E-state index in [1.807, 2.05) is 30.3 Å². The third-order valence-corrected chi connectivity index (χ3v) is 9.25. The standard InChI is InChI=1S/C26H28N4O4S/c31-17-23-16-29(22-6-7-22)18-26(34-23)9-12-30(13-10-26)35(32,33)25-8-5-21(15-28-25)20-4-3-19-2-1-11-27-24(19)14-20/h1-5,8,11,14-15,17,22-23H,6-7,9-10,12-13,16,18H2. The lowest BCUT2D eigenvalue weighted by Crippen LogP contribution is -2.60. The minimum absolute atomic E-state index is 0.0473. The molecule has 1 saturated carbocycles. The van der Waals surface area contributed by atoms with Crippen LogP contribution in [0.4, 0.5) is 0 Å². The summed E-state index contributed by atoms with van der Waals surface area (Å²) in [5, 5.41) is 1.10. The van der Waals surface area contributed by atoms with Crippen molar-refractivity contribution in [3.8, 4) is 11.1 Å². The highest BCUT2D eigenvalue weighted by molar-refractivity contribution is 7.89. The average molecular weight is 493 g/mol. The third-order valence-electron chi connectivity index (χ3n) is 7.44. The van der Waals surface area contributed by atoms with Gasteiger partial charge in [-0.2, -0.15) is 4.31 Å². The molecule has 8 nitrogen and oxygen atoms in total. The summed E-state index contributed by atoms with van der Waals surface area (Å²) in [4.78, 5) is 22.6. The second-order valence-corrected chi connectivity index (χ2v) is 11.7. The summed E-state index contributed by atoms with van der Waals surface area (Å²) in [7, 11) is -3.72. The quantitative estimate of drug-likeness (QED) is 0.506. The van der Waals surface area contributed by atoms with E-state index < -0.39 is 21.7 Å². The van der Waals surface area contributed by atoms with Gasteiger partial charge in [0.15, 0.2) is 5.03 Å². The molecule has 35 heavy (non-hydrogen) atoms. The number of carbonyl (C=O) groups excluding carboxylic acids is 1. The van der Waals surface area contributed by atoms with Crippen molar-refractivity contribution in [2.75, 3.05) is 26.2 Å². The van der Waals surface area contributed by atoms with Crippen molar-refractivity contribution in [1.82, 2.24) is 19.2 Å². The monoisotopic (exact) mass is 492 g/mol. The molecule has 0 bridgehead atoms. The molecule has 0 N–H and O–H groups in total. The highest BCUT2D eigenvalue weighted by atomic mass is 32.2. The van der Waals surface area contributed by atoms with Gasteiger partial charge in [0, 0.05) is 55.6 Å². The number of fused-ring (bicyclic) bond motifs is 1.